The summed E-state index contributed by atoms with van der Waals surface area (Å²) in [7, 11) is 0. The van der Waals surface area contributed by atoms with Crippen molar-refractivity contribution in [2.24, 2.45) is 0 Å². The Labute approximate surface area is 116 Å². The van der Waals surface area contributed by atoms with Gasteiger partial charge in [-0.25, -0.2) is 9.37 Å². The van der Waals surface area contributed by atoms with Crippen LogP contribution in [0.5, 0.6) is 0 Å². The predicted molar refractivity (Wildman–Crippen MR) is 75.8 cm³/mol. The number of aliphatic hydroxyl groups excluding tert-OH is 1. The van der Waals surface area contributed by atoms with Crippen molar-refractivity contribution in [2.45, 2.75) is 19.6 Å². The monoisotopic (exact) mass is 270 g/mol. The summed E-state index contributed by atoms with van der Waals surface area (Å²) < 4.78 is 15.6. The van der Waals surface area contributed by atoms with Gasteiger partial charge in [-0.2, -0.15) is 0 Å². The van der Waals surface area contributed by atoms with Gasteiger partial charge in [0, 0.05) is 5.56 Å². The first-order valence-corrected chi connectivity index (χ1v) is 6.49. The average molecular weight is 270 g/mol. The molecule has 3 nitrogen and oxygen atoms in total. The molecule has 0 fully saturated rings. The molecule has 1 unspecified atom stereocenters. The van der Waals surface area contributed by atoms with E-state index in [9.17, 15) is 9.50 Å². The maximum atomic E-state index is 13.8. The number of rotatable bonds is 3. The van der Waals surface area contributed by atoms with Gasteiger partial charge in [-0.3, -0.25) is 0 Å². The maximum absolute atomic E-state index is 13.8. The second kappa shape index (κ2) is 5.06. The molecule has 1 heterocycles. The molecule has 102 valence electrons. The Bertz CT molecular complexity index is 751. The molecule has 2 aromatic carbocycles. The van der Waals surface area contributed by atoms with Crippen LogP contribution in [0.3, 0.4) is 0 Å². The summed E-state index contributed by atoms with van der Waals surface area (Å²) in [5.41, 5.74) is 3.04. The first kappa shape index (κ1) is 12.8. The number of aryl methyl sites for hydroxylation is 1. The summed E-state index contributed by atoms with van der Waals surface area (Å²) in [6.45, 7) is 2.16. The third-order valence-electron chi connectivity index (χ3n) is 3.41. The van der Waals surface area contributed by atoms with Crippen LogP contribution in [-0.2, 0) is 6.54 Å². The van der Waals surface area contributed by atoms with Gasteiger partial charge in [0.2, 0.25) is 0 Å². The van der Waals surface area contributed by atoms with Gasteiger partial charge in [0.15, 0.2) is 0 Å². The molecule has 1 N–H and O–H groups in total. The van der Waals surface area contributed by atoms with Crippen LogP contribution in [-0.4, -0.2) is 14.7 Å². The summed E-state index contributed by atoms with van der Waals surface area (Å²) in [4.78, 5) is 4.26. The highest BCUT2D eigenvalue weighted by molar-refractivity contribution is 5.74. The maximum Gasteiger partial charge on any atom is 0.129 e. The van der Waals surface area contributed by atoms with Crippen LogP contribution in [0.4, 0.5) is 4.39 Å². The number of hydrogen-bond donors (Lipinski definition) is 1. The van der Waals surface area contributed by atoms with E-state index in [1.807, 2.05) is 35.8 Å². The zero-order chi connectivity index (χ0) is 14.1. The van der Waals surface area contributed by atoms with Crippen LogP contribution >= 0.6 is 0 Å². The Morgan fingerprint density at radius 3 is 2.90 bits per heavy atom. The standard InChI is InChI=1S/C16H15FN2O/c1-11-6-7-13(17)12(8-11)16(20)9-19-10-18-14-4-2-3-5-15(14)19/h2-8,10,16,20H,9H2,1H3. The van der Waals surface area contributed by atoms with Crippen molar-refractivity contribution in [3.8, 4) is 0 Å². The van der Waals surface area contributed by atoms with Crippen LogP contribution < -0.4 is 0 Å². The zero-order valence-electron chi connectivity index (χ0n) is 11.1. The van der Waals surface area contributed by atoms with Crippen molar-refractivity contribution in [1.29, 1.82) is 0 Å². The number of aliphatic hydroxyl groups is 1. The second-order valence-electron chi connectivity index (χ2n) is 4.93. The summed E-state index contributed by atoms with van der Waals surface area (Å²) in [6.07, 6.45) is 0.772. The van der Waals surface area contributed by atoms with E-state index in [1.165, 1.54) is 6.07 Å². The topological polar surface area (TPSA) is 38.0 Å². The molecule has 1 aromatic heterocycles. The fourth-order valence-electron chi connectivity index (χ4n) is 2.36. The van der Waals surface area contributed by atoms with Gasteiger partial charge < -0.3 is 9.67 Å². The number of para-hydroxylation sites is 2. The fourth-order valence-corrected chi connectivity index (χ4v) is 2.36. The molecule has 1 atom stereocenters. The largest absolute Gasteiger partial charge is 0.386 e. The molecule has 0 aliphatic carbocycles. The number of hydrogen-bond acceptors (Lipinski definition) is 2. The van der Waals surface area contributed by atoms with E-state index in [1.54, 1.807) is 18.5 Å². The molecule has 0 bridgehead atoms. The van der Waals surface area contributed by atoms with Crippen LogP contribution in [0.1, 0.15) is 17.2 Å². The first-order valence-electron chi connectivity index (χ1n) is 6.49. The normalized spacial score (nSPS) is 12.8. The number of nitrogens with zero attached hydrogens (tertiary/aromatic N) is 2. The quantitative estimate of drug-likeness (QED) is 0.793. The van der Waals surface area contributed by atoms with Crippen molar-refractivity contribution in [2.75, 3.05) is 0 Å². The highest BCUT2D eigenvalue weighted by atomic mass is 19.1. The van der Waals surface area contributed by atoms with Gasteiger partial charge in [0.1, 0.15) is 5.82 Å². The Morgan fingerprint density at radius 2 is 2.05 bits per heavy atom. The Kier molecular flexibility index (Phi) is 3.24. The molecular weight excluding hydrogens is 255 g/mol. The van der Waals surface area contributed by atoms with Crippen molar-refractivity contribution in [3.63, 3.8) is 0 Å². The van der Waals surface area contributed by atoms with Crippen LogP contribution in [0.15, 0.2) is 48.8 Å². The smallest absolute Gasteiger partial charge is 0.129 e. The SMILES string of the molecule is Cc1ccc(F)c(C(O)Cn2cnc3ccccc32)c1. The van der Waals surface area contributed by atoms with E-state index in [-0.39, 0.29) is 12.4 Å². The third-order valence-corrected chi connectivity index (χ3v) is 3.41. The van der Waals surface area contributed by atoms with E-state index in [2.05, 4.69) is 4.98 Å². The van der Waals surface area contributed by atoms with E-state index in [4.69, 9.17) is 0 Å². The van der Waals surface area contributed by atoms with Crippen molar-refractivity contribution in [1.82, 2.24) is 9.55 Å². The zero-order valence-corrected chi connectivity index (χ0v) is 11.1. The van der Waals surface area contributed by atoms with Gasteiger partial charge in [0.25, 0.3) is 0 Å². The molecule has 0 radical (unpaired) electrons. The van der Waals surface area contributed by atoms with Crippen LogP contribution in [0.2, 0.25) is 0 Å². The van der Waals surface area contributed by atoms with Gasteiger partial charge in [-0.15, -0.1) is 0 Å². The minimum Gasteiger partial charge on any atom is -0.386 e. The molecule has 4 heteroatoms. The molecule has 0 spiro atoms. The van der Waals surface area contributed by atoms with E-state index in [0.29, 0.717) is 5.56 Å². The highest BCUT2D eigenvalue weighted by Gasteiger charge is 2.14. The minimum atomic E-state index is -0.896. The number of aromatic nitrogens is 2. The first-order chi connectivity index (χ1) is 9.65. The minimum absolute atomic E-state index is 0.279. The Balaban J connectivity index is 1.92. The third kappa shape index (κ3) is 2.30. The lowest BCUT2D eigenvalue weighted by molar-refractivity contribution is 0.153. The van der Waals surface area contributed by atoms with Crippen molar-refractivity contribution >= 4 is 11.0 Å². The van der Waals surface area contributed by atoms with E-state index >= 15 is 0 Å². The summed E-state index contributed by atoms with van der Waals surface area (Å²) in [6, 6.07) is 12.4. The molecule has 3 aromatic rings. The molecule has 0 amide bonds. The van der Waals surface area contributed by atoms with E-state index < -0.39 is 6.10 Å². The van der Waals surface area contributed by atoms with Crippen molar-refractivity contribution in [3.05, 3.63) is 65.7 Å². The van der Waals surface area contributed by atoms with Crippen LogP contribution in [0.25, 0.3) is 11.0 Å². The molecule has 0 saturated heterocycles. The Morgan fingerprint density at radius 1 is 1.25 bits per heavy atom. The number of imidazole rings is 1. The average Bonchev–Trinajstić information content (AvgIpc) is 2.85. The molecule has 0 aliphatic rings. The Hall–Kier alpha value is -2.20. The lowest BCUT2D eigenvalue weighted by Gasteiger charge is -2.14. The van der Waals surface area contributed by atoms with Gasteiger partial charge in [0.05, 0.1) is 30.0 Å². The summed E-state index contributed by atoms with van der Waals surface area (Å²) in [5, 5.41) is 10.3. The second-order valence-corrected chi connectivity index (χ2v) is 4.93. The number of benzene rings is 2. The number of fused-ring (bicyclic) bond motifs is 1. The lowest BCUT2D eigenvalue weighted by atomic mass is 10.1. The van der Waals surface area contributed by atoms with Gasteiger partial charge in [-0.05, 0) is 25.1 Å². The molecule has 0 aliphatic heterocycles. The summed E-state index contributed by atoms with van der Waals surface area (Å²) in [5.74, 6) is -0.382. The highest BCUT2D eigenvalue weighted by Crippen LogP contribution is 2.22. The molecule has 3 rings (SSSR count). The fraction of sp³-hybridized carbons (Fsp3) is 0.188. The summed E-state index contributed by atoms with van der Waals surface area (Å²) >= 11 is 0. The molecule has 0 saturated carbocycles. The van der Waals surface area contributed by atoms with Gasteiger partial charge >= 0.3 is 0 Å². The molecule has 20 heavy (non-hydrogen) atoms. The van der Waals surface area contributed by atoms with Crippen LogP contribution in [0, 0.1) is 12.7 Å². The number of halogens is 1. The lowest BCUT2D eigenvalue weighted by Crippen LogP contribution is -2.09. The van der Waals surface area contributed by atoms with Crippen molar-refractivity contribution < 1.29 is 9.50 Å². The molecular formula is C16H15FN2O. The predicted octanol–water partition coefficient (Wildman–Crippen LogP) is 3.22. The van der Waals surface area contributed by atoms with Gasteiger partial charge in [-0.1, -0.05) is 29.8 Å². The van der Waals surface area contributed by atoms with E-state index in [0.717, 1.165) is 16.6 Å².